The van der Waals surface area contributed by atoms with Crippen molar-refractivity contribution in [1.29, 1.82) is 0 Å². The third-order valence-electron chi connectivity index (χ3n) is 3.04. The van der Waals surface area contributed by atoms with Gasteiger partial charge in [0.1, 0.15) is 0 Å². The SMILES string of the molecule is CCCCCCCCCCCCC(Br)CCl. The first kappa shape index (κ1) is 16.8. The maximum absolute atomic E-state index is 5.73. The largest absolute Gasteiger partial charge is 0.126 e. The van der Waals surface area contributed by atoms with Gasteiger partial charge in [0.2, 0.25) is 0 Å². The lowest BCUT2D eigenvalue weighted by Gasteiger charge is -2.05. The molecule has 1 atom stereocenters. The van der Waals surface area contributed by atoms with Gasteiger partial charge < -0.3 is 0 Å². The molecule has 0 heterocycles. The minimum Gasteiger partial charge on any atom is -0.126 e. The lowest BCUT2D eigenvalue weighted by atomic mass is 10.1. The van der Waals surface area contributed by atoms with Gasteiger partial charge in [-0.3, -0.25) is 0 Å². The van der Waals surface area contributed by atoms with Crippen molar-refractivity contribution in [2.45, 2.75) is 82.4 Å². The fourth-order valence-electron chi connectivity index (χ4n) is 1.93. The highest BCUT2D eigenvalue weighted by Gasteiger charge is 2.00. The Hall–Kier alpha value is 0.770. The number of halogens is 2. The van der Waals surface area contributed by atoms with Crippen molar-refractivity contribution >= 4 is 27.5 Å². The highest BCUT2D eigenvalue weighted by molar-refractivity contribution is 9.09. The topological polar surface area (TPSA) is 0 Å². The molecule has 0 aliphatic heterocycles. The zero-order valence-corrected chi connectivity index (χ0v) is 13.2. The van der Waals surface area contributed by atoms with Crippen molar-refractivity contribution in [2.75, 3.05) is 5.88 Å². The average Bonchev–Trinajstić information content (AvgIpc) is 2.31. The molecular weight excluding hydrogens is 284 g/mol. The first-order valence-corrected chi connectivity index (χ1v) is 8.46. The van der Waals surface area contributed by atoms with Crippen LogP contribution < -0.4 is 0 Å². The summed E-state index contributed by atoms with van der Waals surface area (Å²) in [5, 5.41) is 0. The van der Waals surface area contributed by atoms with Crippen LogP contribution in [-0.4, -0.2) is 10.7 Å². The molecule has 0 N–H and O–H groups in total. The van der Waals surface area contributed by atoms with Crippen LogP contribution in [0.4, 0.5) is 0 Å². The maximum atomic E-state index is 5.73. The summed E-state index contributed by atoms with van der Waals surface area (Å²) in [7, 11) is 0. The molecule has 0 bridgehead atoms. The van der Waals surface area contributed by atoms with Crippen molar-refractivity contribution in [1.82, 2.24) is 0 Å². The van der Waals surface area contributed by atoms with Gasteiger partial charge in [0.15, 0.2) is 0 Å². The highest BCUT2D eigenvalue weighted by atomic mass is 79.9. The fraction of sp³-hybridized carbons (Fsp3) is 1.00. The summed E-state index contributed by atoms with van der Waals surface area (Å²) in [5.74, 6) is 0.747. The molecule has 16 heavy (non-hydrogen) atoms. The third kappa shape index (κ3) is 12.8. The van der Waals surface area contributed by atoms with E-state index in [0.717, 1.165) is 5.88 Å². The van der Waals surface area contributed by atoms with Crippen molar-refractivity contribution in [2.24, 2.45) is 0 Å². The van der Waals surface area contributed by atoms with E-state index in [0.29, 0.717) is 4.83 Å². The fourth-order valence-corrected chi connectivity index (χ4v) is 2.41. The zero-order chi connectivity index (χ0) is 12.1. The van der Waals surface area contributed by atoms with Gasteiger partial charge in [-0.2, -0.15) is 0 Å². The van der Waals surface area contributed by atoms with Crippen LogP contribution in [0.25, 0.3) is 0 Å². The summed E-state index contributed by atoms with van der Waals surface area (Å²) in [4.78, 5) is 0.531. The predicted molar refractivity (Wildman–Crippen MR) is 79.9 cm³/mol. The van der Waals surface area contributed by atoms with Crippen LogP contribution in [0.2, 0.25) is 0 Å². The molecule has 0 aromatic carbocycles. The van der Waals surface area contributed by atoms with E-state index in [-0.39, 0.29) is 0 Å². The van der Waals surface area contributed by atoms with E-state index in [1.165, 1.54) is 70.6 Å². The number of rotatable bonds is 12. The van der Waals surface area contributed by atoms with Crippen LogP contribution in [-0.2, 0) is 0 Å². The van der Waals surface area contributed by atoms with Crippen molar-refractivity contribution in [3.63, 3.8) is 0 Å². The lowest BCUT2D eigenvalue weighted by molar-refractivity contribution is 0.550. The summed E-state index contributed by atoms with van der Waals surface area (Å²) >= 11 is 9.29. The van der Waals surface area contributed by atoms with E-state index in [1.54, 1.807) is 0 Å². The van der Waals surface area contributed by atoms with E-state index in [9.17, 15) is 0 Å². The van der Waals surface area contributed by atoms with Crippen LogP contribution >= 0.6 is 27.5 Å². The van der Waals surface area contributed by atoms with Gasteiger partial charge in [0.05, 0.1) is 0 Å². The minimum absolute atomic E-state index is 0.531. The van der Waals surface area contributed by atoms with E-state index in [2.05, 4.69) is 22.9 Å². The molecule has 0 aliphatic rings. The molecule has 0 aliphatic carbocycles. The molecule has 0 radical (unpaired) electrons. The van der Waals surface area contributed by atoms with E-state index >= 15 is 0 Å². The normalized spacial score (nSPS) is 12.9. The van der Waals surface area contributed by atoms with Crippen LogP contribution in [0.5, 0.6) is 0 Å². The number of alkyl halides is 2. The Labute approximate surface area is 116 Å². The molecule has 0 aromatic heterocycles. The van der Waals surface area contributed by atoms with Crippen LogP contribution in [0.1, 0.15) is 77.6 Å². The monoisotopic (exact) mass is 310 g/mol. The Bertz CT molecular complexity index is 128. The van der Waals surface area contributed by atoms with Gasteiger partial charge in [-0.25, -0.2) is 0 Å². The molecule has 0 rings (SSSR count). The summed E-state index contributed by atoms with van der Waals surface area (Å²) in [6.45, 7) is 2.28. The molecule has 2 heteroatoms. The number of hydrogen-bond acceptors (Lipinski definition) is 0. The number of unbranched alkanes of at least 4 members (excludes halogenated alkanes) is 9. The summed E-state index contributed by atoms with van der Waals surface area (Å²) in [5.41, 5.74) is 0. The van der Waals surface area contributed by atoms with Crippen molar-refractivity contribution in [3.8, 4) is 0 Å². The Morgan fingerprint density at radius 1 is 0.812 bits per heavy atom. The van der Waals surface area contributed by atoms with Gasteiger partial charge in [0.25, 0.3) is 0 Å². The van der Waals surface area contributed by atoms with E-state index < -0.39 is 0 Å². The molecule has 98 valence electrons. The number of hydrogen-bond donors (Lipinski definition) is 0. The Morgan fingerprint density at radius 3 is 1.69 bits per heavy atom. The molecule has 0 aromatic rings. The Balaban J connectivity index is 2.93. The van der Waals surface area contributed by atoms with Gasteiger partial charge in [-0.1, -0.05) is 87.1 Å². The van der Waals surface area contributed by atoms with Crippen LogP contribution in [0, 0.1) is 0 Å². The summed E-state index contributed by atoms with van der Waals surface area (Å²) in [6.07, 6.45) is 15.3. The minimum atomic E-state index is 0.531. The van der Waals surface area contributed by atoms with Crippen LogP contribution in [0.3, 0.4) is 0 Å². The molecule has 0 amide bonds. The van der Waals surface area contributed by atoms with Crippen molar-refractivity contribution < 1.29 is 0 Å². The summed E-state index contributed by atoms with van der Waals surface area (Å²) < 4.78 is 0. The van der Waals surface area contributed by atoms with Gasteiger partial charge in [-0.05, 0) is 6.42 Å². The second-order valence-electron chi connectivity index (χ2n) is 4.72. The third-order valence-corrected chi connectivity index (χ3v) is 4.57. The first-order chi connectivity index (χ1) is 7.81. The molecule has 0 spiro atoms. The maximum Gasteiger partial charge on any atom is 0.0349 e. The lowest BCUT2D eigenvalue weighted by Crippen LogP contribution is -1.98. The zero-order valence-electron chi connectivity index (χ0n) is 10.8. The highest BCUT2D eigenvalue weighted by Crippen LogP contribution is 2.15. The predicted octanol–water partition coefficient (Wildman–Crippen LogP) is 6.30. The van der Waals surface area contributed by atoms with E-state index in [4.69, 9.17) is 11.6 Å². The molecule has 0 saturated carbocycles. The van der Waals surface area contributed by atoms with Crippen molar-refractivity contribution in [3.05, 3.63) is 0 Å². The standard InChI is InChI=1S/C14H28BrCl/c1-2-3-4-5-6-7-8-9-10-11-12-14(15)13-16/h14H,2-13H2,1H3. The molecule has 0 fully saturated rings. The molecular formula is C14H28BrCl. The van der Waals surface area contributed by atoms with Crippen LogP contribution in [0.15, 0.2) is 0 Å². The van der Waals surface area contributed by atoms with Gasteiger partial charge in [0, 0.05) is 10.7 Å². The molecule has 1 unspecified atom stereocenters. The second-order valence-corrected chi connectivity index (χ2v) is 6.33. The van der Waals surface area contributed by atoms with Gasteiger partial charge in [-0.15, -0.1) is 11.6 Å². The quantitative estimate of drug-likeness (QED) is 0.293. The molecule has 0 nitrogen and oxygen atoms in total. The summed E-state index contributed by atoms with van der Waals surface area (Å²) in [6, 6.07) is 0. The molecule has 0 saturated heterocycles. The smallest absolute Gasteiger partial charge is 0.0349 e. The van der Waals surface area contributed by atoms with E-state index in [1.807, 2.05) is 0 Å². The second kappa shape index (κ2) is 13.8. The first-order valence-electron chi connectivity index (χ1n) is 7.01. The van der Waals surface area contributed by atoms with Gasteiger partial charge >= 0.3 is 0 Å². The Kier molecular flexibility index (Phi) is 14.5. The Morgan fingerprint density at radius 2 is 1.25 bits per heavy atom. The average molecular weight is 312 g/mol.